The van der Waals surface area contributed by atoms with Gasteiger partial charge in [-0.2, -0.15) is 0 Å². The Hall–Kier alpha value is -1.95. The molecule has 1 aromatic carbocycles. The Morgan fingerprint density at radius 3 is 2.07 bits per heavy atom. The second kappa shape index (κ2) is 8.83. The normalized spacial score (nSPS) is 22.0. The van der Waals surface area contributed by atoms with Crippen molar-refractivity contribution in [3.05, 3.63) is 24.3 Å². The fourth-order valence-electron chi connectivity index (χ4n) is 4.47. The Kier molecular flexibility index (Phi) is 6.02. The van der Waals surface area contributed by atoms with Crippen LogP contribution in [0.15, 0.2) is 24.3 Å². The van der Waals surface area contributed by atoms with Crippen molar-refractivity contribution in [1.82, 2.24) is 10.2 Å². The lowest BCUT2D eigenvalue weighted by atomic mass is 9.96. The highest BCUT2D eigenvalue weighted by Gasteiger charge is 2.26. The molecule has 3 fully saturated rings. The van der Waals surface area contributed by atoms with Crippen LogP contribution in [0.3, 0.4) is 0 Å². The summed E-state index contributed by atoms with van der Waals surface area (Å²) in [5.41, 5.74) is 2.58. The summed E-state index contributed by atoms with van der Waals surface area (Å²) in [6, 6.07) is 9.16. The Morgan fingerprint density at radius 1 is 0.852 bits per heavy atom. The minimum atomic E-state index is 0.128. The van der Waals surface area contributed by atoms with Gasteiger partial charge >= 0.3 is 6.03 Å². The number of amides is 2. The maximum atomic E-state index is 12.6. The van der Waals surface area contributed by atoms with Gasteiger partial charge in [-0.1, -0.05) is 31.4 Å². The molecule has 2 aliphatic heterocycles. The van der Waals surface area contributed by atoms with E-state index in [1.807, 2.05) is 4.90 Å². The second-order valence-electron chi connectivity index (χ2n) is 7.85. The number of anilines is 2. The zero-order chi connectivity index (χ0) is 18.5. The summed E-state index contributed by atoms with van der Waals surface area (Å²) in [5.74, 6) is 0. The third-order valence-corrected chi connectivity index (χ3v) is 6.07. The van der Waals surface area contributed by atoms with Gasteiger partial charge in [-0.25, -0.2) is 4.79 Å². The molecule has 148 valence electrons. The first-order valence-corrected chi connectivity index (χ1v) is 10.5. The molecule has 2 heterocycles. The molecule has 0 radical (unpaired) electrons. The van der Waals surface area contributed by atoms with Gasteiger partial charge in [0.2, 0.25) is 0 Å². The zero-order valence-corrected chi connectivity index (χ0v) is 16.2. The van der Waals surface area contributed by atoms with E-state index < -0.39 is 0 Å². The topological polar surface area (TPSA) is 48.1 Å². The van der Waals surface area contributed by atoms with E-state index in [0.717, 1.165) is 65.3 Å². The van der Waals surface area contributed by atoms with Crippen LogP contribution in [0.5, 0.6) is 0 Å². The monoisotopic (exact) mass is 372 g/mol. The fraction of sp³-hybridized carbons (Fsp3) is 0.667. The molecule has 0 spiro atoms. The van der Waals surface area contributed by atoms with Gasteiger partial charge in [0, 0.05) is 45.3 Å². The molecule has 0 bridgehead atoms. The number of carbonyl (C=O) groups is 1. The first kappa shape index (κ1) is 18.4. The van der Waals surface area contributed by atoms with Gasteiger partial charge in [-0.05, 0) is 25.0 Å². The molecule has 2 amide bonds. The molecule has 3 aliphatic rings. The highest BCUT2D eigenvalue weighted by atomic mass is 16.5. The number of rotatable bonds is 3. The van der Waals surface area contributed by atoms with E-state index in [9.17, 15) is 4.79 Å². The standard InChI is InChI=1S/C21H32N4O2/c26-21(22-18-6-2-1-3-7-18)25-12-10-23(11-13-25)19-8-4-5-9-20(19)24-14-16-27-17-15-24/h4-5,8-9,18H,1-3,6-7,10-17H2,(H,22,26). The average molecular weight is 373 g/mol. The van der Waals surface area contributed by atoms with Crippen LogP contribution in [0, 0.1) is 0 Å². The SMILES string of the molecule is O=C(NC1CCCCC1)N1CCN(c2ccccc2N2CCOCC2)CC1. The summed E-state index contributed by atoms with van der Waals surface area (Å²) >= 11 is 0. The van der Waals surface area contributed by atoms with Crippen LogP contribution in [-0.4, -0.2) is 69.5 Å². The number of piperazine rings is 1. The number of nitrogens with zero attached hydrogens (tertiary/aromatic N) is 3. The van der Waals surface area contributed by atoms with Gasteiger partial charge in [0.1, 0.15) is 0 Å². The molecule has 1 saturated carbocycles. The van der Waals surface area contributed by atoms with E-state index in [-0.39, 0.29) is 6.03 Å². The minimum Gasteiger partial charge on any atom is -0.378 e. The number of carbonyl (C=O) groups excluding carboxylic acids is 1. The van der Waals surface area contributed by atoms with E-state index in [0.29, 0.717) is 6.04 Å². The molecule has 6 nitrogen and oxygen atoms in total. The van der Waals surface area contributed by atoms with Crippen LogP contribution in [0.25, 0.3) is 0 Å². The van der Waals surface area contributed by atoms with Crippen LogP contribution < -0.4 is 15.1 Å². The van der Waals surface area contributed by atoms with E-state index in [1.54, 1.807) is 0 Å². The van der Waals surface area contributed by atoms with Crippen LogP contribution in [0.2, 0.25) is 0 Å². The number of benzene rings is 1. The number of urea groups is 1. The first-order valence-electron chi connectivity index (χ1n) is 10.5. The highest BCUT2D eigenvalue weighted by Crippen LogP contribution is 2.30. The molecule has 1 aromatic rings. The molecule has 0 unspecified atom stereocenters. The number of ether oxygens (including phenoxy) is 1. The Balaban J connectivity index is 1.34. The van der Waals surface area contributed by atoms with E-state index in [2.05, 4.69) is 39.4 Å². The van der Waals surface area contributed by atoms with Crippen LogP contribution in [0.4, 0.5) is 16.2 Å². The molecule has 4 rings (SSSR count). The van der Waals surface area contributed by atoms with Crippen molar-refractivity contribution in [2.45, 2.75) is 38.1 Å². The Bertz CT molecular complexity index is 618. The quantitative estimate of drug-likeness (QED) is 0.886. The van der Waals surface area contributed by atoms with Crippen LogP contribution in [-0.2, 0) is 4.74 Å². The molecule has 1 N–H and O–H groups in total. The van der Waals surface area contributed by atoms with Crippen molar-refractivity contribution >= 4 is 17.4 Å². The molecule has 6 heteroatoms. The van der Waals surface area contributed by atoms with Gasteiger partial charge in [0.25, 0.3) is 0 Å². The van der Waals surface area contributed by atoms with Crippen molar-refractivity contribution in [3.8, 4) is 0 Å². The molecule has 2 saturated heterocycles. The summed E-state index contributed by atoms with van der Waals surface area (Å²) in [6.07, 6.45) is 6.08. The predicted octanol–water partition coefficient (Wildman–Crippen LogP) is 2.69. The van der Waals surface area contributed by atoms with E-state index >= 15 is 0 Å². The van der Waals surface area contributed by atoms with Crippen LogP contribution >= 0.6 is 0 Å². The highest BCUT2D eigenvalue weighted by molar-refractivity contribution is 5.76. The number of morpholine rings is 1. The third kappa shape index (κ3) is 4.49. The maximum absolute atomic E-state index is 12.6. The summed E-state index contributed by atoms with van der Waals surface area (Å²) in [4.78, 5) is 19.4. The number of hydrogen-bond donors (Lipinski definition) is 1. The van der Waals surface area contributed by atoms with Crippen molar-refractivity contribution in [3.63, 3.8) is 0 Å². The molecular weight excluding hydrogens is 340 g/mol. The van der Waals surface area contributed by atoms with Gasteiger partial charge in [-0.3, -0.25) is 0 Å². The fourth-order valence-corrected chi connectivity index (χ4v) is 4.47. The van der Waals surface area contributed by atoms with E-state index in [4.69, 9.17) is 4.74 Å². The predicted molar refractivity (Wildman–Crippen MR) is 109 cm³/mol. The van der Waals surface area contributed by atoms with E-state index in [1.165, 1.54) is 30.6 Å². The lowest BCUT2D eigenvalue weighted by molar-refractivity contribution is 0.122. The van der Waals surface area contributed by atoms with Crippen molar-refractivity contribution in [1.29, 1.82) is 0 Å². The second-order valence-corrected chi connectivity index (χ2v) is 7.85. The molecule has 0 aromatic heterocycles. The van der Waals surface area contributed by atoms with Crippen LogP contribution in [0.1, 0.15) is 32.1 Å². The smallest absolute Gasteiger partial charge is 0.317 e. The zero-order valence-electron chi connectivity index (χ0n) is 16.2. The van der Waals surface area contributed by atoms with Crippen molar-refractivity contribution < 1.29 is 9.53 Å². The van der Waals surface area contributed by atoms with Gasteiger partial charge in [-0.15, -0.1) is 0 Å². The summed E-state index contributed by atoms with van der Waals surface area (Å²) in [7, 11) is 0. The van der Waals surface area contributed by atoms with Gasteiger partial charge < -0.3 is 24.8 Å². The lowest BCUT2D eigenvalue weighted by Gasteiger charge is -2.39. The molecular formula is C21H32N4O2. The molecule has 1 aliphatic carbocycles. The Labute approximate surface area is 162 Å². The number of hydrogen-bond acceptors (Lipinski definition) is 4. The van der Waals surface area contributed by atoms with Gasteiger partial charge in [0.05, 0.1) is 24.6 Å². The summed E-state index contributed by atoms with van der Waals surface area (Å²) in [5, 5.41) is 3.25. The first-order chi connectivity index (χ1) is 13.3. The van der Waals surface area contributed by atoms with Crippen molar-refractivity contribution in [2.24, 2.45) is 0 Å². The van der Waals surface area contributed by atoms with Crippen molar-refractivity contribution in [2.75, 3.05) is 62.3 Å². The lowest BCUT2D eigenvalue weighted by Crippen LogP contribution is -2.54. The minimum absolute atomic E-state index is 0.128. The Morgan fingerprint density at radius 2 is 1.44 bits per heavy atom. The van der Waals surface area contributed by atoms with Gasteiger partial charge in [0.15, 0.2) is 0 Å². The third-order valence-electron chi connectivity index (χ3n) is 6.07. The summed E-state index contributed by atoms with van der Waals surface area (Å²) < 4.78 is 5.50. The largest absolute Gasteiger partial charge is 0.378 e. The number of nitrogens with one attached hydrogen (secondary N) is 1. The molecule has 0 atom stereocenters. The summed E-state index contributed by atoms with van der Waals surface area (Å²) in [6.45, 7) is 6.83. The average Bonchev–Trinajstić information content (AvgIpc) is 2.75. The number of para-hydroxylation sites is 2. The molecule has 27 heavy (non-hydrogen) atoms. The maximum Gasteiger partial charge on any atom is 0.317 e.